The number of fused-ring (bicyclic) bond motifs is 1. The molecule has 0 atom stereocenters. The lowest BCUT2D eigenvalue weighted by Crippen LogP contribution is -2.49. The van der Waals surface area contributed by atoms with E-state index in [-0.39, 0.29) is 18.1 Å². The number of carbonyl (C=O) groups is 1. The summed E-state index contributed by atoms with van der Waals surface area (Å²) in [6.07, 6.45) is 2.23. The largest absolute Gasteiger partial charge is 0.368 e. The van der Waals surface area contributed by atoms with E-state index in [4.69, 9.17) is 16.6 Å². The molecule has 0 bridgehead atoms. The van der Waals surface area contributed by atoms with E-state index in [9.17, 15) is 9.18 Å². The predicted octanol–water partition coefficient (Wildman–Crippen LogP) is 5.30. The molecule has 0 spiro atoms. The van der Waals surface area contributed by atoms with E-state index in [0.717, 1.165) is 46.9 Å². The van der Waals surface area contributed by atoms with E-state index in [1.54, 1.807) is 19.1 Å². The number of anilines is 1. The van der Waals surface area contributed by atoms with Gasteiger partial charge in [0, 0.05) is 48.6 Å². The summed E-state index contributed by atoms with van der Waals surface area (Å²) < 4.78 is 15.9. The third kappa shape index (κ3) is 4.38. The van der Waals surface area contributed by atoms with Crippen molar-refractivity contribution in [1.82, 2.24) is 14.3 Å². The summed E-state index contributed by atoms with van der Waals surface area (Å²) in [5, 5.41) is 0.711. The third-order valence-corrected chi connectivity index (χ3v) is 6.66. The summed E-state index contributed by atoms with van der Waals surface area (Å²) in [7, 11) is 0. The number of nitrogens with zero attached hydrogens (tertiary/aromatic N) is 4. The van der Waals surface area contributed by atoms with Crippen molar-refractivity contribution in [3.05, 3.63) is 88.5 Å². The molecule has 2 aromatic heterocycles. The molecule has 1 saturated heterocycles. The second-order valence-electron chi connectivity index (χ2n) is 8.83. The highest BCUT2D eigenvalue weighted by Gasteiger charge is 2.25. The maximum atomic E-state index is 13.9. The van der Waals surface area contributed by atoms with Crippen molar-refractivity contribution < 1.29 is 9.18 Å². The number of amides is 1. The molecule has 3 heterocycles. The zero-order chi connectivity index (χ0) is 23.8. The summed E-state index contributed by atoms with van der Waals surface area (Å²) in [5.74, 6) is -0.187. The molecule has 1 amide bonds. The van der Waals surface area contributed by atoms with Gasteiger partial charge in [-0.15, -0.1) is 0 Å². The lowest BCUT2D eigenvalue weighted by molar-refractivity contribution is -0.130. The molecule has 5 nitrogen and oxygen atoms in total. The van der Waals surface area contributed by atoms with E-state index in [1.807, 2.05) is 58.8 Å². The minimum atomic E-state index is -0.251. The van der Waals surface area contributed by atoms with Gasteiger partial charge < -0.3 is 14.2 Å². The molecule has 7 heteroatoms. The number of pyridine rings is 1. The number of benzene rings is 2. The number of imidazole rings is 1. The number of halogens is 2. The Kier molecular flexibility index (Phi) is 6.00. The molecular formula is C27H26ClFN4O. The normalized spacial score (nSPS) is 14.1. The average Bonchev–Trinajstić information content (AvgIpc) is 3.18. The quantitative estimate of drug-likeness (QED) is 0.401. The van der Waals surface area contributed by atoms with Crippen LogP contribution < -0.4 is 4.90 Å². The van der Waals surface area contributed by atoms with Crippen LogP contribution in [-0.2, 0) is 11.2 Å². The minimum absolute atomic E-state index is 0.0640. The molecular weight excluding hydrogens is 451 g/mol. The number of aryl methyl sites for hydroxylation is 2. The molecule has 34 heavy (non-hydrogen) atoms. The number of hydrogen-bond acceptors (Lipinski definition) is 3. The third-order valence-electron chi connectivity index (χ3n) is 6.42. The van der Waals surface area contributed by atoms with Crippen molar-refractivity contribution in [2.45, 2.75) is 20.3 Å². The molecule has 0 N–H and O–H groups in total. The Bertz CT molecular complexity index is 1370. The van der Waals surface area contributed by atoms with Crippen LogP contribution in [0.4, 0.5) is 10.1 Å². The number of piperazine rings is 1. The molecule has 5 rings (SSSR count). The Hall–Kier alpha value is -3.38. The summed E-state index contributed by atoms with van der Waals surface area (Å²) in [5.41, 5.74) is 5.85. The van der Waals surface area contributed by atoms with Gasteiger partial charge in [0.25, 0.3) is 0 Å². The highest BCUT2D eigenvalue weighted by molar-refractivity contribution is 6.30. The van der Waals surface area contributed by atoms with Gasteiger partial charge in [-0.3, -0.25) is 4.79 Å². The van der Waals surface area contributed by atoms with Crippen molar-refractivity contribution in [1.29, 1.82) is 0 Å². The van der Waals surface area contributed by atoms with Gasteiger partial charge in [-0.25, -0.2) is 9.37 Å². The van der Waals surface area contributed by atoms with Gasteiger partial charge in [0.05, 0.1) is 17.8 Å². The van der Waals surface area contributed by atoms with Gasteiger partial charge in [-0.2, -0.15) is 0 Å². The second-order valence-corrected chi connectivity index (χ2v) is 9.27. The Morgan fingerprint density at radius 1 is 1.03 bits per heavy atom. The van der Waals surface area contributed by atoms with E-state index in [1.165, 1.54) is 6.07 Å². The number of carbonyl (C=O) groups excluding carboxylic acids is 1. The van der Waals surface area contributed by atoms with Gasteiger partial charge in [-0.1, -0.05) is 23.7 Å². The maximum Gasteiger partial charge on any atom is 0.228 e. The van der Waals surface area contributed by atoms with Gasteiger partial charge in [-0.05, 0) is 67.4 Å². The Morgan fingerprint density at radius 3 is 2.56 bits per heavy atom. The smallest absolute Gasteiger partial charge is 0.228 e. The predicted molar refractivity (Wildman–Crippen MR) is 134 cm³/mol. The number of hydrogen-bond donors (Lipinski definition) is 0. The van der Waals surface area contributed by atoms with E-state index in [0.29, 0.717) is 23.7 Å². The van der Waals surface area contributed by atoms with E-state index >= 15 is 0 Å². The summed E-state index contributed by atoms with van der Waals surface area (Å²) >= 11 is 6.14. The summed E-state index contributed by atoms with van der Waals surface area (Å²) in [6.45, 7) is 6.55. The minimum Gasteiger partial charge on any atom is -0.368 e. The van der Waals surface area contributed by atoms with Gasteiger partial charge in [0.2, 0.25) is 5.91 Å². The second kappa shape index (κ2) is 9.11. The first kappa shape index (κ1) is 22.4. The summed E-state index contributed by atoms with van der Waals surface area (Å²) in [6, 6.07) is 16.7. The highest BCUT2D eigenvalue weighted by atomic mass is 35.5. The van der Waals surface area contributed by atoms with Crippen LogP contribution in [0.1, 0.15) is 16.8 Å². The molecule has 0 radical (unpaired) electrons. The molecule has 0 unspecified atom stereocenters. The van der Waals surface area contributed by atoms with Crippen molar-refractivity contribution >= 4 is 28.8 Å². The summed E-state index contributed by atoms with van der Waals surface area (Å²) in [4.78, 5) is 22.3. The first-order valence-corrected chi connectivity index (χ1v) is 11.8. The Labute approximate surface area is 203 Å². The van der Waals surface area contributed by atoms with Crippen molar-refractivity contribution in [3.8, 4) is 11.3 Å². The van der Waals surface area contributed by atoms with Crippen molar-refractivity contribution in [2.75, 3.05) is 31.1 Å². The molecule has 1 fully saturated rings. The zero-order valence-corrected chi connectivity index (χ0v) is 20.0. The Morgan fingerprint density at radius 2 is 1.82 bits per heavy atom. The molecule has 0 aliphatic carbocycles. The topological polar surface area (TPSA) is 40.9 Å². The van der Waals surface area contributed by atoms with Crippen molar-refractivity contribution in [3.63, 3.8) is 0 Å². The van der Waals surface area contributed by atoms with E-state index < -0.39 is 0 Å². The van der Waals surface area contributed by atoms with Gasteiger partial charge in [0.1, 0.15) is 11.5 Å². The maximum absolute atomic E-state index is 13.9. The fourth-order valence-corrected chi connectivity index (χ4v) is 4.72. The monoisotopic (exact) mass is 476 g/mol. The zero-order valence-electron chi connectivity index (χ0n) is 19.3. The van der Waals surface area contributed by atoms with Crippen LogP contribution in [-0.4, -0.2) is 46.4 Å². The van der Waals surface area contributed by atoms with Gasteiger partial charge >= 0.3 is 0 Å². The molecule has 174 valence electrons. The lowest BCUT2D eigenvalue weighted by atomic mass is 10.1. The fourth-order valence-electron chi connectivity index (χ4n) is 4.53. The fraction of sp³-hybridized carbons (Fsp3) is 0.259. The SMILES string of the molecule is Cc1ccc2nc(-c3ccc(F)c(C)c3)c(CC(=O)N3CCN(c4cccc(Cl)c4)CC3)n2c1. The van der Waals surface area contributed by atoms with Crippen LogP contribution in [0.5, 0.6) is 0 Å². The molecule has 4 aromatic rings. The molecule has 2 aromatic carbocycles. The Balaban J connectivity index is 1.40. The lowest BCUT2D eigenvalue weighted by Gasteiger charge is -2.36. The van der Waals surface area contributed by atoms with Crippen LogP contribution in [0.15, 0.2) is 60.8 Å². The molecule has 0 saturated carbocycles. The van der Waals surface area contributed by atoms with E-state index in [2.05, 4.69) is 4.90 Å². The van der Waals surface area contributed by atoms with Crippen LogP contribution in [0.2, 0.25) is 5.02 Å². The van der Waals surface area contributed by atoms with Crippen LogP contribution >= 0.6 is 11.6 Å². The van der Waals surface area contributed by atoms with Crippen LogP contribution in [0, 0.1) is 19.7 Å². The first-order valence-electron chi connectivity index (χ1n) is 11.4. The van der Waals surface area contributed by atoms with Crippen LogP contribution in [0.25, 0.3) is 16.9 Å². The van der Waals surface area contributed by atoms with Crippen LogP contribution in [0.3, 0.4) is 0 Å². The standard InChI is InChI=1S/C27H26ClFN4O/c1-18-6-9-25-30-27(20-7-8-23(29)19(2)14-20)24(33(25)17-18)16-26(34)32-12-10-31(11-13-32)22-5-3-4-21(28)15-22/h3-9,14-15,17H,10-13,16H2,1-2H3. The number of aromatic nitrogens is 2. The average molecular weight is 477 g/mol. The van der Waals surface area contributed by atoms with Crippen molar-refractivity contribution in [2.24, 2.45) is 0 Å². The first-order chi connectivity index (χ1) is 16.4. The molecule has 1 aliphatic rings. The molecule has 1 aliphatic heterocycles. The number of rotatable bonds is 4. The van der Waals surface area contributed by atoms with Gasteiger partial charge in [0.15, 0.2) is 0 Å². The highest BCUT2D eigenvalue weighted by Crippen LogP contribution is 2.28.